The Morgan fingerprint density at radius 3 is 2.61 bits per heavy atom. The average molecular weight is 244 g/mol. The quantitative estimate of drug-likeness (QED) is 0.902. The van der Waals surface area contributed by atoms with E-state index in [0.717, 1.165) is 23.8 Å². The van der Waals surface area contributed by atoms with Gasteiger partial charge in [0, 0.05) is 30.7 Å². The van der Waals surface area contributed by atoms with Gasteiger partial charge >= 0.3 is 0 Å². The van der Waals surface area contributed by atoms with Crippen molar-refractivity contribution in [3.8, 4) is 5.69 Å². The third-order valence-corrected chi connectivity index (χ3v) is 2.70. The number of pyridine rings is 1. The van der Waals surface area contributed by atoms with Crippen LogP contribution in [0.2, 0.25) is 0 Å². The first-order valence-corrected chi connectivity index (χ1v) is 6.16. The van der Waals surface area contributed by atoms with Crippen molar-refractivity contribution in [3.05, 3.63) is 42.2 Å². The minimum Gasteiger partial charge on any atom is -0.306 e. The summed E-state index contributed by atoms with van der Waals surface area (Å²) in [5.74, 6) is 0.982. The lowest BCUT2D eigenvalue weighted by Gasteiger charge is -2.20. The van der Waals surface area contributed by atoms with Crippen LogP contribution in [0.4, 0.5) is 0 Å². The fourth-order valence-electron chi connectivity index (χ4n) is 1.72. The molecule has 0 aromatic carbocycles. The van der Waals surface area contributed by atoms with Gasteiger partial charge in [0.05, 0.1) is 11.4 Å². The summed E-state index contributed by atoms with van der Waals surface area (Å²) in [5, 5.41) is 3.44. The molecule has 2 rings (SSSR count). The van der Waals surface area contributed by atoms with Gasteiger partial charge in [-0.1, -0.05) is 0 Å². The molecule has 0 saturated carbocycles. The monoisotopic (exact) mass is 244 g/mol. The van der Waals surface area contributed by atoms with Gasteiger partial charge in [0.1, 0.15) is 5.82 Å². The fraction of sp³-hybridized carbons (Fsp3) is 0.429. The maximum absolute atomic E-state index is 4.39. The van der Waals surface area contributed by atoms with E-state index >= 15 is 0 Å². The van der Waals surface area contributed by atoms with Crippen LogP contribution in [-0.4, -0.2) is 20.1 Å². The molecule has 96 valence electrons. The van der Waals surface area contributed by atoms with Crippen LogP contribution >= 0.6 is 0 Å². The Kier molecular flexibility index (Phi) is 3.48. The maximum Gasteiger partial charge on any atom is 0.110 e. The van der Waals surface area contributed by atoms with Crippen LogP contribution in [0.25, 0.3) is 5.69 Å². The SMILES string of the molecule is Cc1nccn1-c1ccnc(CNC(C)(C)C)c1. The number of imidazole rings is 1. The van der Waals surface area contributed by atoms with Crippen molar-refractivity contribution >= 4 is 0 Å². The minimum atomic E-state index is 0.0998. The van der Waals surface area contributed by atoms with Crippen LogP contribution < -0.4 is 5.32 Å². The van der Waals surface area contributed by atoms with Crippen LogP contribution in [0.5, 0.6) is 0 Å². The summed E-state index contributed by atoms with van der Waals surface area (Å²) in [6.07, 6.45) is 5.61. The third kappa shape index (κ3) is 3.17. The molecule has 0 spiro atoms. The summed E-state index contributed by atoms with van der Waals surface area (Å²) in [7, 11) is 0. The highest BCUT2D eigenvalue weighted by Crippen LogP contribution is 2.11. The minimum absolute atomic E-state index is 0.0998. The van der Waals surface area contributed by atoms with Crippen LogP contribution in [0.3, 0.4) is 0 Å². The number of rotatable bonds is 3. The molecule has 0 unspecified atom stereocenters. The largest absolute Gasteiger partial charge is 0.306 e. The molecule has 0 bridgehead atoms. The topological polar surface area (TPSA) is 42.7 Å². The molecule has 0 aliphatic carbocycles. The van der Waals surface area contributed by atoms with Crippen LogP contribution in [0.15, 0.2) is 30.7 Å². The molecule has 0 aliphatic heterocycles. The van der Waals surface area contributed by atoms with Crippen LogP contribution in [0, 0.1) is 6.92 Å². The average Bonchev–Trinajstić information content (AvgIpc) is 2.72. The van der Waals surface area contributed by atoms with Crippen molar-refractivity contribution in [2.24, 2.45) is 0 Å². The first-order chi connectivity index (χ1) is 8.46. The first-order valence-electron chi connectivity index (χ1n) is 6.16. The maximum atomic E-state index is 4.39. The second-order valence-corrected chi connectivity index (χ2v) is 5.45. The number of aromatic nitrogens is 3. The molecule has 0 saturated heterocycles. The lowest BCUT2D eigenvalue weighted by molar-refractivity contribution is 0.421. The zero-order valence-corrected chi connectivity index (χ0v) is 11.4. The molecule has 0 radical (unpaired) electrons. The highest BCUT2D eigenvalue weighted by atomic mass is 15.1. The van der Waals surface area contributed by atoms with E-state index in [-0.39, 0.29) is 5.54 Å². The Balaban J connectivity index is 2.18. The number of nitrogens with zero attached hydrogens (tertiary/aromatic N) is 3. The summed E-state index contributed by atoms with van der Waals surface area (Å²) in [6, 6.07) is 4.09. The lowest BCUT2D eigenvalue weighted by atomic mass is 10.1. The zero-order chi connectivity index (χ0) is 13.2. The molecule has 2 aromatic heterocycles. The van der Waals surface area contributed by atoms with Gasteiger partial charge in [-0.25, -0.2) is 4.98 Å². The normalized spacial score (nSPS) is 11.8. The Morgan fingerprint density at radius 2 is 2.00 bits per heavy atom. The summed E-state index contributed by atoms with van der Waals surface area (Å²) < 4.78 is 2.06. The Labute approximate surface area is 108 Å². The van der Waals surface area contributed by atoms with Crippen molar-refractivity contribution in [2.45, 2.75) is 39.8 Å². The third-order valence-electron chi connectivity index (χ3n) is 2.70. The Hall–Kier alpha value is -1.68. The van der Waals surface area contributed by atoms with E-state index in [1.807, 2.05) is 31.6 Å². The van der Waals surface area contributed by atoms with Crippen molar-refractivity contribution in [1.82, 2.24) is 19.9 Å². The summed E-state index contributed by atoms with van der Waals surface area (Å²) >= 11 is 0. The number of nitrogens with one attached hydrogen (secondary N) is 1. The van der Waals surface area contributed by atoms with Gasteiger partial charge in [-0.3, -0.25) is 4.98 Å². The zero-order valence-electron chi connectivity index (χ0n) is 11.4. The molecule has 0 atom stereocenters. The highest BCUT2D eigenvalue weighted by Gasteiger charge is 2.09. The molecule has 0 aliphatic rings. The fourth-order valence-corrected chi connectivity index (χ4v) is 1.72. The van der Waals surface area contributed by atoms with E-state index in [4.69, 9.17) is 0 Å². The van der Waals surface area contributed by atoms with E-state index in [0.29, 0.717) is 0 Å². The second-order valence-electron chi connectivity index (χ2n) is 5.45. The number of aryl methyl sites for hydroxylation is 1. The van der Waals surface area contributed by atoms with Crippen molar-refractivity contribution in [3.63, 3.8) is 0 Å². The number of hydrogen-bond acceptors (Lipinski definition) is 3. The lowest BCUT2D eigenvalue weighted by Crippen LogP contribution is -2.35. The first kappa shape index (κ1) is 12.8. The molecule has 4 heteroatoms. The predicted molar refractivity (Wildman–Crippen MR) is 72.7 cm³/mol. The predicted octanol–water partition coefficient (Wildman–Crippen LogP) is 2.46. The van der Waals surface area contributed by atoms with Gasteiger partial charge in [0.25, 0.3) is 0 Å². The van der Waals surface area contributed by atoms with Crippen molar-refractivity contribution < 1.29 is 0 Å². The molecule has 4 nitrogen and oxygen atoms in total. The van der Waals surface area contributed by atoms with Gasteiger partial charge in [0.15, 0.2) is 0 Å². The van der Waals surface area contributed by atoms with Crippen molar-refractivity contribution in [2.75, 3.05) is 0 Å². The Bertz CT molecular complexity index is 523. The van der Waals surface area contributed by atoms with Gasteiger partial charge in [-0.05, 0) is 39.8 Å². The van der Waals surface area contributed by atoms with E-state index in [2.05, 4.69) is 46.7 Å². The molecular weight excluding hydrogens is 224 g/mol. The van der Waals surface area contributed by atoms with Crippen molar-refractivity contribution in [1.29, 1.82) is 0 Å². The van der Waals surface area contributed by atoms with Crippen LogP contribution in [-0.2, 0) is 6.54 Å². The summed E-state index contributed by atoms with van der Waals surface area (Å²) in [5.41, 5.74) is 2.24. The van der Waals surface area contributed by atoms with E-state index < -0.39 is 0 Å². The standard InChI is InChI=1S/C14H20N4/c1-11-15-7-8-18(11)13-5-6-16-12(9-13)10-17-14(2,3)4/h5-9,17H,10H2,1-4H3. The highest BCUT2D eigenvalue weighted by molar-refractivity contribution is 5.33. The molecule has 0 fully saturated rings. The van der Waals surface area contributed by atoms with Gasteiger partial charge in [-0.15, -0.1) is 0 Å². The van der Waals surface area contributed by atoms with E-state index in [1.165, 1.54) is 0 Å². The van der Waals surface area contributed by atoms with E-state index in [1.54, 1.807) is 0 Å². The molecule has 1 N–H and O–H groups in total. The molecule has 0 amide bonds. The molecule has 2 heterocycles. The molecule has 2 aromatic rings. The van der Waals surface area contributed by atoms with E-state index in [9.17, 15) is 0 Å². The summed E-state index contributed by atoms with van der Waals surface area (Å²) in [6.45, 7) is 9.21. The molecular formula is C14H20N4. The number of hydrogen-bond donors (Lipinski definition) is 1. The smallest absolute Gasteiger partial charge is 0.110 e. The van der Waals surface area contributed by atoms with Gasteiger partial charge in [-0.2, -0.15) is 0 Å². The van der Waals surface area contributed by atoms with Gasteiger partial charge < -0.3 is 9.88 Å². The Morgan fingerprint density at radius 1 is 1.22 bits per heavy atom. The van der Waals surface area contributed by atoms with Gasteiger partial charge in [0.2, 0.25) is 0 Å². The summed E-state index contributed by atoms with van der Waals surface area (Å²) in [4.78, 5) is 8.62. The molecule has 18 heavy (non-hydrogen) atoms. The van der Waals surface area contributed by atoms with Crippen LogP contribution in [0.1, 0.15) is 32.3 Å². The second kappa shape index (κ2) is 4.90.